The molecule has 10 nitrogen and oxygen atoms in total. The van der Waals surface area contributed by atoms with E-state index in [0.29, 0.717) is 48.5 Å². The van der Waals surface area contributed by atoms with Crippen molar-refractivity contribution in [3.8, 4) is 5.75 Å². The lowest BCUT2D eigenvalue weighted by Gasteiger charge is -2.38. The molecule has 3 amide bonds. The smallest absolute Gasteiger partial charge is 0.293 e. The first-order chi connectivity index (χ1) is 18.5. The van der Waals surface area contributed by atoms with Gasteiger partial charge in [0.15, 0.2) is 5.58 Å². The van der Waals surface area contributed by atoms with Crippen LogP contribution in [0.15, 0.2) is 47.0 Å². The van der Waals surface area contributed by atoms with Crippen molar-refractivity contribution in [2.75, 3.05) is 37.5 Å². The van der Waals surface area contributed by atoms with Gasteiger partial charge in [0.2, 0.25) is 17.6 Å². The summed E-state index contributed by atoms with van der Waals surface area (Å²) in [6.07, 6.45) is 4.39. The quantitative estimate of drug-likeness (QED) is 0.490. The number of ether oxygens (including phenoxy) is 2. The second-order valence-electron chi connectivity index (χ2n) is 8.97. The van der Waals surface area contributed by atoms with Gasteiger partial charge < -0.3 is 29.4 Å². The summed E-state index contributed by atoms with van der Waals surface area (Å²) in [6, 6.07) is 10.4. The van der Waals surface area contributed by atoms with Crippen molar-refractivity contribution in [1.82, 2.24) is 9.88 Å². The number of furan rings is 1. The van der Waals surface area contributed by atoms with E-state index >= 15 is 0 Å². The first-order valence-electron chi connectivity index (χ1n) is 13.0. The van der Waals surface area contributed by atoms with E-state index in [1.165, 1.54) is 0 Å². The van der Waals surface area contributed by atoms with Crippen LogP contribution in [0.2, 0.25) is 0 Å². The summed E-state index contributed by atoms with van der Waals surface area (Å²) in [5.74, 6) is -0.250. The van der Waals surface area contributed by atoms with E-state index in [0.717, 1.165) is 12.8 Å². The molecule has 10 heteroatoms. The molecule has 3 aromatic rings. The zero-order valence-corrected chi connectivity index (χ0v) is 22.0. The predicted octanol–water partition coefficient (Wildman–Crippen LogP) is 4.47. The van der Waals surface area contributed by atoms with E-state index in [1.807, 2.05) is 18.7 Å². The van der Waals surface area contributed by atoms with Gasteiger partial charge in [0.05, 0.1) is 13.7 Å². The topological polar surface area (TPSA) is 123 Å². The number of benzene rings is 1. The molecule has 0 atom stereocenters. The van der Waals surface area contributed by atoms with Gasteiger partial charge in [-0.05, 0) is 62.1 Å². The lowest BCUT2D eigenvalue weighted by atomic mass is 9.84. The maximum atomic E-state index is 13.2. The number of aromatic nitrogens is 1. The maximum Gasteiger partial charge on any atom is 0.293 e. The Labute approximate surface area is 221 Å². The molecule has 1 aliphatic heterocycles. The van der Waals surface area contributed by atoms with Crippen LogP contribution in [0.4, 0.5) is 11.4 Å². The Morgan fingerprint density at radius 3 is 2.47 bits per heavy atom. The summed E-state index contributed by atoms with van der Waals surface area (Å²) < 4.78 is 16.2. The Morgan fingerprint density at radius 2 is 1.79 bits per heavy atom. The minimum absolute atomic E-state index is 0.0117. The summed E-state index contributed by atoms with van der Waals surface area (Å²) in [6.45, 7) is 5.27. The molecule has 0 bridgehead atoms. The highest BCUT2D eigenvalue weighted by Crippen LogP contribution is 2.33. The third-order valence-electron chi connectivity index (χ3n) is 6.78. The fraction of sp³-hybridized carbons (Fsp3) is 0.429. The monoisotopic (exact) mass is 522 g/mol. The number of hydrogen-bond acceptors (Lipinski definition) is 7. The number of morpholine rings is 1. The van der Waals surface area contributed by atoms with Crippen LogP contribution in [0.1, 0.15) is 50.1 Å². The summed E-state index contributed by atoms with van der Waals surface area (Å²) >= 11 is 0. The number of nitrogens with one attached hydrogen (secondary N) is 2. The molecule has 2 aromatic heterocycles. The largest absolute Gasteiger partial charge is 0.497 e. The second kappa shape index (κ2) is 12.6. The molecule has 5 rings (SSSR count). The fourth-order valence-corrected chi connectivity index (χ4v) is 4.86. The third kappa shape index (κ3) is 5.96. The zero-order chi connectivity index (χ0) is 27.1. The highest BCUT2D eigenvalue weighted by Gasteiger charge is 2.34. The molecule has 1 saturated carbocycles. The summed E-state index contributed by atoms with van der Waals surface area (Å²) in [4.78, 5) is 44.7. The number of methoxy groups -OCH3 is 1. The van der Waals surface area contributed by atoms with E-state index in [2.05, 4.69) is 15.6 Å². The molecule has 3 heterocycles. The standard InChI is InChI=1S/C26H28N4O6.C2H6/c1-34-19-10-6-17(7-11-19)28-26(33)24-23(22-20(36-24)3-2-12-27-22)29-25(32)16-4-8-18(9-5-16)30-13-14-35-15-21(30)31;1-2/h2-3,6-7,10-12,16,18H,4-5,8-9,13-15H2,1H3,(H,28,33)(H,29,32);1-2H3. The van der Waals surface area contributed by atoms with Gasteiger partial charge >= 0.3 is 0 Å². The molecule has 1 aromatic carbocycles. The van der Waals surface area contributed by atoms with Gasteiger partial charge in [-0.1, -0.05) is 13.8 Å². The molecule has 1 aliphatic carbocycles. The van der Waals surface area contributed by atoms with E-state index in [-0.39, 0.29) is 41.8 Å². The van der Waals surface area contributed by atoms with Crippen molar-refractivity contribution in [2.45, 2.75) is 45.6 Å². The lowest BCUT2D eigenvalue weighted by molar-refractivity contribution is -0.146. The molecule has 202 valence electrons. The zero-order valence-electron chi connectivity index (χ0n) is 22.0. The van der Waals surface area contributed by atoms with E-state index < -0.39 is 5.91 Å². The van der Waals surface area contributed by atoms with Crippen molar-refractivity contribution in [3.63, 3.8) is 0 Å². The van der Waals surface area contributed by atoms with Gasteiger partial charge in [0.1, 0.15) is 23.6 Å². The van der Waals surface area contributed by atoms with E-state index in [1.54, 1.807) is 49.7 Å². The molecule has 2 fully saturated rings. The first-order valence-corrected chi connectivity index (χ1v) is 13.0. The average Bonchev–Trinajstić information content (AvgIpc) is 3.33. The summed E-state index contributed by atoms with van der Waals surface area (Å²) in [7, 11) is 1.57. The normalized spacial score (nSPS) is 19.3. The number of fused-ring (bicyclic) bond motifs is 1. The number of nitrogens with zero attached hydrogens (tertiary/aromatic N) is 2. The van der Waals surface area contributed by atoms with Crippen molar-refractivity contribution in [3.05, 3.63) is 48.4 Å². The number of carbonyl (C=O) groups is 3. The molecular formula is C28H34N4O6. The SMILES string of the molecule is CC.COc1ccc(NC(=O)c2oc3cccnc3c2NC(=O)C2CCC(N3CCOCC3=O)CC2)cc1. The van der Waals surface area contributed by atoms with Crippen LogP contribution in [-0.4, -0.2) is 60.5 Å². The van der Waals surface area contributed by atoms with Gasteiger partial charge in [0.25, 0.3) is 5.91 Å². The van der Waals surface area contributed by atoms with Crippen molar-refractivity contribution in [1.29, 1.82) is 0 Å². The maximum absolute atomic E-state index is 13.2. The van der Waals surface area contributed by atoms with E-state index in [9.17, 15) is 14.4 Å². The Bertz CT molecular complexity index is 1260. The first kappa shape index (κ1) is 27.1. The lowest BCUT2D eigenvalue weighted by Crippen LogP contribution is -2.49. The molecule has 0 spiro atoms. The molecule has 38 heavy (non-hydrogen) atoms. The molecule has 1 saturated heterocycles. The Kier molecular flexibility index (Phi) is 8.96. The van der Waals surface area contributed by atoms with Gasteiger partial charge in [-0.2, -0.15) is 0 Å². The Morgan fingerprint density at radius 1 is 1.05 bits per heavy atom. The van der Waals surface area contributed by atoms with Crippen LogP contribution in [-0.2, 0) is 14.3 Å². The number of carbonyl (C=O) groups excluding carboxylic acids is 3. The van der Waals surface area contributed by atoms with Crippen LogP contribution in [0.25, 0.3) is 11.1 Å². The Hall–Kier alpha value is -3.92. The van der Waals surface area contributed by atoms with Gasteiger partial charge in [-0.25, -0.2) is 0 Å². The van der Waals surface area contributed by atoms with Crippen LogP contribution < -0.4 is 15.4 Å². The molecule has 2 N–H and O–H groups in total. The second-order valence-corrected chi connectivity index (χ2v) is 8.97. The van der Waals surface area contributed by atoms with Gasteiger partial charge in [-0.3, -0.25) is 19.4 Å². The Balaban J connectivity index is 0.00000164. The summed E-state index contributed by atoms with van der Waals surface area (Å²) in [5, 5.41) is 5.71. The van der Waals surface area contributed by atoms with Crippen LogP contribution in [0, 0.1) is 5.92 Å². The van der Waals surface area contributed by atoms with Crippen molar-refractivity contribution in [2.24, 2.45) is 5.92 Å². The highest BCUT2D eigenvalue weighted by atomic mass is 16.5. The number of hydrogen-bond donors (Lipinski definition) is 2. The minimum atomic E-state index is -0.497. The van der Waals surface area contributed by atoms with Crippen LogP contribution in [0.3, 0.4) is 0 Å². The number of rotatable bonds is 6. The molecular weight excluding hydrogens is 488 g/mol. The third-order valence-corrected chi connectivity index (χ3v) is 6.78. The van der Waals surface area contributed by atoms with Gasteiger partial charge in [0, 0.05) is 30.4 Å². The fourth-order valence-electron chi connectivity index (χ4n) is 4.86. The van der Waals surface area contributed by atoms with Crippen LogP contribution in [0.5, 0.6) is 5.75 Å². The number of pyridine rings is 1. The summed E-state index contributed by atoms with van der Waals surface area (Å²) in [5.41, 5.74) is 1.63. The molecule has 2 aliphatic rings. The van der Waals surface area contributed by atoms with Gasteiger partial charge in [-0.15, -0.1) is 0 Å². The van der Waals surface area contributed by atoms with Crippen molar-refractivity contribution < 1.29 is 28.3 Å². The highest BCUT2D eigenvalue weighted by molar-refractivity contribution is 6.13. The predicted molar refractivity (Wildman–Crippen MR) is 143 cm³/mol. The average molecular weight is 523 g/mol. The minimum Gasteiger partial charge on any atom is -0.497 e. The van der Waals surface area contributed by atoms with E-state index in [4.69, 9.17) is 13.9 Å². The molecule has 0 radical (unpaired) electrons. The van der Waals surface area contributed by atoms with Crippen LogP contribution >= 0.6 is 0 Å². The number of amides is 3. The number of anilines is 2. The molecule has 0 unspecified atom stereocenters. The van der Waals surface area contributed by atoms with Crippen molar-refractivity contribution >= 4 is 40.2 Å².